The minimum atomic E-state index is 0.426. The molecule has 0 spiro atoms. The number of ether oxygens (including phenoxy) is 1. The van der Waals surface area contributed by atoms with Gasteiger partial charge in [-0.25, -0.2) is 0 Å². The minimum absolute atomic E-state index is 0.426. The molecule has 2 aliphatic heterocycles. The molecule has 1 atom stereocenters. The van der Waals surface area contributed by atoms with Crippen molar-refractivity contribution in [2.45, 2.75) is 64.5 Å². The van der Waals surface area contributed by atoms with Gasteiger partial charge in [0.15, 0.2) is 0 Å². The molecule has 20 heavy (non-hydrogen) atoms. The Morgan fingerprint density at radius 1 is 1.10 bits per heavy atom. The van der Waals surface area contributed by atoms with Crippen LogP contribution in [0.5, 0.6) is 0 Å². The zero-order valence-electron chi connectivity index (χ0n) is 13.4. The third-order valence-corrected chi connectivity index (χ3v) is 5.33. The summed E-state index contributed by atoms with van der Waals surface area (Å²) in [6.45, 7) is 10.6. The molecule has 0 unspecified atom stereocenters. The molecule has 0 bridgehead atoms. The maximum Gasteiger partial charge on any atom is 0.0468 e. The molecule has 1 aliphatic carbocycles. The molecule has 3 aliphatic rings. The number of likely N-dealkylation sites (tertiary alicyclic amines) is 1. The van der Waals surface area contributed by atoms with Gasteiger partial charge in [-0.2, -0.15) is 0 Å². The first-order chi connectivity index (χ1) is 9.62. The number of hydrogen-bond donors (Lipinski definition) is 1. The number of nitrogens with one attached hydrogen (secondary N) is 1. The maximum atomic E-state index is 5.47. The predicted octanol–water partition coefficient (Wildman–Crippen LogP) is 2.66. The Labute approximate surface area is 124 Å². The van der Waals surface area contributed by atoms with Crippen LogP contribution >= 0.6 is 0 Å². The van der Waals surface area contributed by atoms with Gasteiger partial charge < -0.3 is 10.1 Å². The Balaban J connectivity index is 1.37. The molecule has 3 fully saturated rings. The molecule has 0 aromatic heterocycles. The lowest BCUT2D eigenvalue weighted by molar-refractivity contribution is 0.0509. The third kappa shape index (κ3) is 4.19. The predicted molar refractivity (Wildman–Crippen MR) is 82.9 cm³/mol. The molecular formula is C17H32N2O. The van der Waals surface area contributed by atoms with Crippen LogP contribution in [0.15, 0.2) is 0 Å². The van der Waals surface area contributed by atoms with Crippen LogP contribution in [-0.4, -0.2) is 49.8 Å². The fraction of sp³-hybridized carbons (Fsp3) is 1.00. The van der Waals surface area contributed by atoms with E-state index in [1.165, 1.54) is 58.2 Å². The highest BCUT2D eigenvalue weighted by Gasteiger charge is 2.35. The van der Waals surface area contributed by atoms with Crippen LogP contribution in [0, 0.1) is 11.3 Å². The van der Waals surface area contributed by atoms with Crippen LogP contribution in [0.4, 0.5) is 0 Å². The summed E-state index contributed by atoms with van der Waals surface area (Å²) in [5, 5.41) is 3.85. The van der Waals surface area contributed by atoms with E-state index in [1.54, 1.807) is 0 Å². The van der Waals surface area contributed by atoms with Crippen molar-refractivity contribution in [3.8, 4) is 0 Å². The van der Waals surface area contributed by atoms with Gasteiger partial charge in [0.05, 0.1) is 0 Å². The molecule has 0 radical (unpaired) electrons. The largest absolute Gasteiger partial charge is 0.381 e. The van der Waals surface area contributed by atoms with Gasteiger partial charge in [-0.3, -0.25) is 4.90 Å². The average Bonchev–Trinajstić information content (AvgIpc) is 3.16. The summed E-state index contributed by atoms with van der Waals surface area (Å²) in [7, 11) is 0. The first kappa shape index (κ1) is 14.8. The van der Waals surface area contributed by atoms with E-state index in [1.807, 2.05) is 0 Å². The van der Waals surface area contributed by atoms with Gasteiger partial charge in [0, 0.05) is 44.9 Å². The molecule has 0 aromatic rings. The fourth-order valence-corrected chi connectivity index (χ4v) is 3.95. The van der Waals surface area contributed by atoms with Gasteiger partial charge in [-0.05, 0) is 49.9 Å². The van der Waals surface area contributed by atoms with Crippen molar-refractivity contribution < 1.29 is 4.74 Å². The Hall–Kier alpha value is -0.120. The van der Waals surface area contributed by atoms with Crippen LogP contribution in [0.2, 0.25) is 0 Å². The molecule has 3 nitrogen and oxygen atoms in total. The lowest BCUT2D eigenvalue weighted by Crippen LogP contribution is -2.40. The van der Waals surface area contributed by atoms with E-state index in [9.17, 15) is 0 Å². The lowest BCUT2D eigenvalue weighted by Gasteiger charge is -2.33. The molecule has 1 saturated carbocycles. The van der Waals surface area contributed by atoms with Gasteiger partial charge in [-0.15, -0.1) is 0 Å². The topological polar surface area (TPSA) is 24.5 Å². The molecule has 3 rings (SSSR count). The zero-order chi connectivity index (χ0) is 14.0. The van der Waals surface area contributed by atoms with Crippen LogP contribution < -0.4 is 5.32 Å². The highest BCUT2D eigenvalue weighted by Crippen LogP contribution is 2.32. The standard InChI is InChI=1S/C17H32N2O/c1-17(2,11-14-6-9-20-10-7-14)13-18-15-5-8-19(12-15)16-3-4-16/h14-16,18H,3-13H2,1-2H3/t15-/m1/s1. The highest BCUT2D eigenvalue weighted by molar-refractivity contribution is 4.92. The molecule has 0 aromatic carbocycles. The van der Waals surface area contributed by atoms with Crippen molar-refractivity contribution >= 4 is 0 Å². The minimum Gasteiger partial charge on any atom is -0.381 e. The van der Waals surface area contributed by atoms with Crippen LogP contribution in [0.1, 0.15) is 52.4 Å². The van der Waals surface area contributed by atoms with Crippen LogP contribution in [0.25, 0.3) is 0 Å². The van der Waals surface area contributed by atoms with E-state index < -0.39 is 0 Å². The van der Waals surface area contributed by atoms with Gasteiger partial charge in [-0.1, -0.05) is 13.8 Å². The summed E-state index contributed by atoms with van der Waals surface area (Å²) in [6, 6.07) is 1.68. The van der Waals surface area contributed by atoms with E-state index in [-0.39, 0.29) is 0 Å². The second kappa shape index (κ2) is 6.33. The normalized spacial score (nSPS) is 30.0. The lowest BCUT2D eigenvalue weighted by atomic mass is 9.79. The van der Waals surface area contributed by atoms with Gasteiger partial charge >= 0.3 is 0 Å². The van der Waals surface area contributed by atoms with Crippen LogP contribution in [-0.2, 0) is 4.74 Å². The summed E-state index contributed by atoms with van der Waals surface area (Å²) < 4.78 is 5.47. The quantitative estimate of drug-likeness (QED) is 0.809. The smallest absolute Gasteiger partial charge is 0.0468 e. The monoisotopic (exact) mass is 280 g/mol. The zero-order valence-corrected chi connectivity index (χ0v) is 13.4. The molecule has 116 valence electrons. The number of hydrogen-bond acceptors (Lipinski definition) is 3. The highest BCUT2D eigenvalue weighted by atomic mass is 16.5. The second-order valence-corrected chi connectivity index (χ2v) is 8.02. The number of rotatable bonds is 6. The van der Waals surface area contributed by atoms with Crippen molar-refractivity contribution in [3.05, 3.63) is 0 Å². The summed E-state index contributed by atoms with van der Waals surface area (Å²) in [6.07, 6.45) is 8.13. The first-order valence-electron chi connectivity index (χ1n) is 8.68. The van der Waals surface area contributed by atoms with Crippen LogP contribution in [0.3, 0.4) is 0 Å². The average molecular weight is 280 g/mol. The molecular weight excluding hydrogens is 248 g/mol. The summed E-state index contributed by atoms with van der Waals surface area (Å²) >= 11 is 0. The fourth-order valence-electron chi connectivity index (χ4n) is 3.95. The van der Waals surface area contributed by atoms with E-state index in [4.69, 9.17) is 4.74 Å². The summed E-state index contributed by atoms with van der Waals surface area (Å²) in [5.41, 5.74) is 0.426. The van der Waals surface area contributed by atoms with E-state index >= 15 is 0 Å². The van der Waals surface area contributed by atoms with Crippen molar-refractivity contribution in [2.75, 3.05) is 32.8 Å². The third-order valence-electron chi connectivity index (χ3n) is 5.33. The van der Waals surface area contributed by atoms with Crippen molar-refractivity contribution in [3.63, 3.8) is 0 Å². The van der Waals surface area contributed by atoms with Crippen molar-refractivity contribution in [2.24, 2.45) is 11.3 Å². The van der Waals surface area contributed by atoms with E-state index in [2.05, 4.69) is 24.1 Å². The van der Waals surface area contributed by atoms with Crippen molar-refractivity contribution in [1.29, 1.82) is 0 Å². The molecule has 3 heteroatoms. The van der Waals surface area contributed by atoms with Crippen molar-refractivity contribution in [1.82, 2.24) is 10.2 Å². The Bertz CT molecular complexity index is 308. The Morgan fingerprint density at radius 3 is 2.55 bits per heavy atom. The Kier molecular flexibility index (Phi) is 4.68. The van der Waals surface area contributed by atoms with Gasteiger partial charge in [0.25, 0.3) is 0 Å². The second-order valence-electron chi connectivity index (χ2n) is 8.02. The SMILES string of the molecule is CC(C)(CN[C@@H]1CCN(C2CC2)C1)CC1CCOCC1. The van der Waals surface area contributed by atoms with E-state index in [0.29, 0.717) is 5.41 Å². The first-order valence-corrected chi connectivity index (χ1v) is 8.68. The Morgan fingerprint density at radius 2 is 1.85 bits per heavy atom. The summed E-state index contributed by atoms with van der Waals surface area (Å²) in [4.78, 5) is 2.70. The number of nitrogens with zero attached hydrogens (tertiary/aromatic N) is 1. The maximum absolute atomic E-state index is 5.47. The molecule has 1 N–H and O–H groups in total. The molecule has 2 saturated heterocycles. The van der Waals surface area contributed by atoms with Gasteiger partial charge in [0.1, 0.15) is 0 Å². The van der Waals surface area contributed by atoms with Gasteiger partial charge in [0.2, 0.25) is 0 Å². The molecule has 0 amide bonds. The molecule has 2 heterocycles. The summed E-state index contributed by atoms with van der Waals surface area (Å²) in [5.74, 6) is 0.882. The van der Waals surface area contributed by atoms with E-state index in [0.717, 1.165) is 31.2 Å².